The number of benzene rings is 2. The van der Waals surface area contributed by atoms with E-state index in [1.807, 2.05) is 42.2 Å². The summed E-state index contributed by atoms with van der Waals surface area (Å²) in [5.74, 6) is 1.10. The van der Waals surface area contributed by atoms with Crippen LogP contribution in [0.25, 0.3) is 0 Å². The number of hydrogen-bond donors (Lipinski definition) is 1. The standard InChI is InChI=1S/C22H26N2O4/c1-15-6-8-16(9-7-15)22(26)23-14-21(25)24-12-4-5-19(24)18-13-17(27-2)10-11-20(18)28-3/h6-11,13,19H,4-5,12,14H2,1-3H3,(H,23,26)/t19-/m1/s1. The lowest BCUT2D eigenvalue weighted by Crippen LogP contribution is -2.39. The van der Waals surface area contributed by atoms with Crippen LogP contribution in [0.3, 0.4) is 0 Å². The molecule has 6 nitrogen and oxygen atoms in total. The molecule has 1 aliphatic heterocycles. The Labute approximate surface area is 165 Å². The van der Waals surface area contributed by atoms with Crippen LogP contribution < -0.4 is 14.8 Å². The Hall–Kier alpha value is -3.02. The highest BCUT2D eigenvalue weighted by Gasteiger charge is 2.32. The minimum Gasteiger partial charge on any atom is -0.497 e. The Morgan fingerprint density at radius 1 is 1.11 bits per heavy atom. The second-order valence-corrected chi connectivity index (χ2v) is 6.90. The number of rotatable bonds is 6. The summed E-state index contributed by atoms with van der Waals surface area (Å²) in [4.78, 5) is 26.9. The molecule has 0 radical (unpaired) electrons. The molecule has 1 saturated heterocycles. The van der Waals surface area contributed by atoms with Gasteiger partial charge in [-0.25, -0.2) is 0 Å². The van der Waals surface area contributed by atoms with Gasteiger partial charge in [0.2, 0.25) is 5.91 Å². The van der Waals surface area contributed by atoms with Crippen LogP contribution in [-0.4, -0.2) is 44.0 Å². The first-order valence-electron chi connectivity index (χ1n) is 9.39. The summed E-state index contributed by atoms with van der Waals surface area (Å²) in [7, 11) is 3.23. The minimum atomic E-state index is -0.247. The average Bonchev–Trinajstić information content (AvgIpc) is 3.21. The van der Waals surface area contributed by atoms with E-state index < -0.39 is 0 Å². The Kier molecular flexibility index (Phi) is 6.19. The fraction of sp³-hybridized carbons (Fsp3) is 0.364. The summed E-state index contributed by atoms with van der Waals surface area (Å²) in [6, 6.07) is 12.8. The summed E-state index contributed by atoms with van der Waals surface area (Å²) in [5, 5.41) is 2.73. The van der Waals surface area contributed by atoms with Gasteiger partial charge in [0.1, 0.15) is 11.5 Å². The number of ether oxygens (including phenoxy) is 2. The van der Waals surface area contributed by atoms with E-state index in [4.69, 9.17) is 9.47 Å². The maximum absolute atomic E-state index is 12.8. The van der Waals surface area contributed by atoms with Gasteiger partial charge < -0.3 is 19.7 Å². The number of nitrogens with one attached hydrogen (secondary N) is 1. The molecule has 3 rings (SSSR count). The van der Waals surface area contributed by atoms with E-state index in [0.717, 1.165) is 35.5 Å². The first-order valence-corrected chi connectivity index (χ1v) is 9.39. The van der Waals surface area contributed by atoms with Crippen molar-refractivity contribution in [2.45, 2.75) is 25.8 Å². The normalized spacial score (nSPS) is 16.0. The molecule has 0 unspecified atom stereocenters. The molecule has 0 saturated carbocycles. The van der Waals surface area contributed by atoms with Crippen LogP contribution in [0.1, 0.15) is 40.4 Å². The van der Waals surface area contributed by atoms with Crippen LogP contribution in [0.5, 0.6) is 11.5 Å². The second kappa shape index (κ2) is 8.78. The van der Waals surface area contributed by atoms with Crippen LogP contribution >= 0.6 is 0 Å². The van der Waals surface area contributed by atoms with E-state index in [0.29, 0.717) is 12.1 Å². The quantitative estimate of drug-likeness (QED) is 0.834. The van der Waals surface area contributed by atoms with Gasteiger partial charge in [-0.15, -0.1) is 0 Å². The van der Waals surface area contributed by atoms with Gasteiger partial charge >= 0.3 is 0 Å². The van der Waals surface area contributed by atoms with Gasteiger partial charge in [-0.3, -0.25) is 9.59 Å². The summed E-state index contributed by atoms with van der Waals surface area (Å²) in [6.45, 7) is 2.59. The van der Waals surface area contributed by atoms with Crippen molar-refractivity contribution in [2.75, 3.05) is 27.3 Å². The van der Waals surface area contributed by atoms with Crippen molar-refractivity contribution >= 4 is 11.8 Å². The largest absolute Gasteiger partial charge is 0.497 e. The number of carbonyl (C=O) groups excluding carboxylic acids is 2. The van der Waals surface area contributed by atoms with Gasteiger partial charge in [-0.05, 0) is 50.1 Å². The Balaban J connectivity index is 1.69. The van der Waals surface area contributed by atoms with Gasteiger partial charge in [0.15, 0.2) is 0 Å². The van der Waals surface area contributed by atoms with Crippen LogP contribution in [0.2, 0.25) is 0 Å². The molecule has 1 aliphatic rings. The number of amides is 2. The average molecular weight is 382 g/mol. The van der Waals surface area contributed by atoms with Crippen LogP contribution in [0, 0.1) is 6.92 Å². The van der Waals surface area contributed by atoms with Crippen molar-refractivity contribution in [3.8, 4) is 11.5 Å². The molecule has 1 fully saturated rings. The molecule has 0 aromatic heterocycles. The van der Waals surface area contributed by atoms with Crippen molar-refractivity contribution in [3.05, 3.63) is 59.2 Å². The molecular formula is C22H26N2O4. The summed E-state index contributed by atoms with van der Waals surface area (Å²) >= 11 is 0. The Morgan fingerprint density at radius 2 is 1.86 bits per heavy atom. The topological polar surface area (TPSA) is 67.9 Å². The van der Waals surface area contributed by atoms with Crippen LogP contribution in [-0.2, 0) is 4.79 Å². The lowest BCUT2D eigenvalue weighted by molar-refractivity contribution is -0.131. The van der Waals surface area contributed by atoms with E-state index in [1.54, 1.807) is 26.4 Å². The molecule has 6 heteroatoms. The van der Waals surface area contributed by atoms with Gasteiger partial charge in [0.25, 0.3) is 5.91 Å². The smallest absolute Gasteiger partial charge is 0.251 e. The van der Waals surface area contributed by atoms with Crippen molar-refractivity contribution in [1.29, 1.82) is 0 Å². The van der Waals surface area contributed by atoms with Crippen LogP contribution in [0.4, 0.5) is 0 Å². The molecule has 1 atom stereocenters. The SMILES string of the molecule is COc1ccc(OC)c([C@H]2CCCN2C(=O)CNC(=O)c2ccc(C)cc2)c1. The fourth-order valence-electron chi connectivity index (χ4n) is 3.55. The van der Waals surface area contributed by atoms with E-state index in [9.17, 15) is 9.59 Å². The molecule has 0 bridgehead atoms. The first kappa shape index (κ1) is 19.7. The maximum Gasteiger partial charge on any atom is 0.251 e. The zero-order valence-electron chi connectivity index (χ0n) is 16.5. The van der Waals surface area contributed by atoms with Crippen molar-refractivity contribution < 1.29 is 19.1 Å². The highest BCUT2D eigenvalue weighted by molar-refractivity contribution is 5.96. The molecule has 0 aliphatic carbocycles. The molecule has 0 spiro atoms. The predicted octanol–water partition coefficient (Wildman–Crippen LogP) is 3.11. The van der Waals surface area contributed by atoms with Crippen LogP contribution in [0.15, 0.2) is 42.5 Å². The molecule has 28 heavy (non-hydrogen) atoms. The number of carbonyl (C=O) groups is 2. The van der Waals surface area contributed by atoms with Crippen molar-refractivity contribution in [2.24, 2.45) is 0 Å². The summed E-state index contributed by atoms with van der Waals surface area (Å²) in [5.41, 5.74) is 2.56. The maximum atomic E-state index is 12.8. The zero-order valence-corrected chi connectivity index (χ0v) is 16.5. The molecular weight excluding hydrogens is 356 g/mol. The van der Waals surface area contributed by atoms with Gasteiger partial charge in [0, 0.05) is 17.7 Å². The predicted molar refractivity (Wildman–Crippen MR) is 107 cm³/mol. The Bertz CT molecular complexity index is 848. The molecule has 2 amide bonds. The first-order chi connectivity index (χ1) is 13.5. The zero-order chi connectivity index (χ0) is 20.1. The van der Waals surface area contributed by atoms with E-state index in [2.05, 4.69) is 5.32 Å². The van der Waals surface area contributed by atoms with Gasteiger partial charge in [-0.2, -0.15) is 0 Å². The fourth-order valence-corrected chi connectivity index (χ4v) is 3.55. The van der Waals surface area contributed by atoms with Crippen molar-refractivity contribution in [1.82, 2.24) is 10.2 Å². The number of aryl methyl sites for hydroxylation is 1. The van der Waals surface area contributed by atoms with Gasteiger partial charge in [0.05, 0.1) is 26.8 Å². The molecule has 2 aromatic carbocycles. The summed E-state index contributed by atoms with van der Waals surface area (Å²) in [6.07, 6.45) is 1.75. The highest BCUT2D eigenvalue weighted by Crippen LogP contribution is 2.38. The highest BCUT2D eigenvalue weighted by atomic mass is 16.5. The second-order valence-electron chi connectivity index (χ2n) is 6.90. The lowest BCUT2D eigenvalue weighted by Gasteiger charge is -2.27. The van der Waals surface area contributed by atoms with Gasteiger partial charge in [-0.1, -0.05) is 17.7 Å². The molecule has 148 valence electrons. The number of nitrogens with zero attached hydrogens (tertiary/aromatic N) is 1. The number of hydrogen-bond acceptors (Lipinski definition) is 4. The molecule has 2 aromatic rings. The number of methoxy groups -OCH3 is 2. The van der Waals surface area contributed by atoms with Crippen molar-refractivity contribution in [3.63, 3.8) is 0 Å². The van der Waals surface area contributed by atoms with E-state index in [1.165, 1.54) is 0 Å². The lowest BCUT2D eigenvalue weighted by atomic mass is 10.0. The monoisotopic (exact) mass is 382 g/mol. The van der Waals surface area contributed by atoms with E-state index >= 15 is 0 Å². The third-order valence-electron chi connectivity index (χ3n) is 5.08. The molecule has 1 N–H and O–H groups in total. The third-order valence-corrected chi connectivity index (χ3v) is 5.08. The third kappa shape index (κ3) is 4.27. The molecule has 1 heterocycles. The summed E-state index contributed by atoms with van der Waals surface area (Å²) < 4.78 is 10.8. The minimum absolute atomic E-state index is 0.0322. The Morgan fingerprint density at radius 3 is 2.54 bits per heavy atom. The van der Waals surface area contributed by atoms with E-state index in [-0.39, 0.29) is 24.4 Å². The number of likely N-dealkylation sites (tertiary alicyclic amines) is 1.